The van der Waals surface area contributed by atoms with Gasteiger partial charge in [0.2, 0.25) is 0 Å². The Hall–Kier alpha value is -14.1. The third kappa shape index (κ3) is 10.3. The second kappa shape index (κ2) is 24.8. The van der Waals surface area contributed by atoms with Gasteiger partial charge in [0, 0.05) is 69.1 Å². The van der Waals surface area contributed by atoms with Gasteiger partial charge >= 0.3 is 0 Å². The Morgan fingerprint density at radius 3 is 1.01 bits per heavy atom. The summed E-state index contributed by atoms with van der Waals surface area (Å²) in [5.74, 6) is 6.20. The standard InChI is InChI=1S/C100H62B2N2O4/c1-4-29-79(30-5-1)103(80-31-6-2-7-32-80)83-61-95-98-96(62-83)108-100-86(77-45-41-66-23-13-17-27-70(66)53-77)55-78(56-90(100)102(98)89-37-19-36-85(99(89)107-95)76-44-40-65-22-12-16-26-69(65)52-76)71-28-18-35-82(54-71)104(81-33-8-3-9-34-81)84-59-93-97-94(60-84)106-92-58-75(73-43-39-64-21-11-15-25-68(64)51-73)47-49-88(92)101(97)87-48-46-74(57-91(87)105-93)72-42-38-63-20-10-14-24-67(63)50-72/h1-62H. The van der Waals surface area contributed by atoms with Crippen LogP contribution in [-0.4, -0.2) is 13.4 Å². The van der Waals surface area contributed by atoms with Crippen molar-refractivity contribution in [2.45, 2.75) is 0 Å². The number of rotatable bonds is 11. The van der Waals surface area contributed by atoms with E-state index in [9.17, 15) is 0 Å². The molecule has 4 heterocycles. The molecule has 8 heteroatoms. The average Bonchev–Trinajstić information content (AvgIpc) is 0.710. The predicted octanol–water partition coefficient (Wildman–Crippen LogP) is 23.0. The lowest BCUT2D eigenvalue weighted by Gasteiger charge is -2.36. The molecular weight excluding hydrogens is 1310 g/mol. The molecule has 22 rings (SSSR count). The van der Waals surface area contributed by atoms with Crippen LogP contribution in [0, 0.1) is 0 Å². The highest BCUT2D eigenvalue weighted by Gasteiger charge is 2.45. The quantitative estimate of drug-likeness (QED) is 0.120. The summed E-state index contributed by atoms with van der Waals surface area (Å²) in [6.45, 7) is -0.497. The summed E-state index contributed by atoms with van der Waals surface area (Å²) in [7, 11) is 0. The Morgan fingerprint density at radius 2 is 0.528 bits per heavy atom. The summed E-state index contributed by atoms with van der Waals surface area (Å²) in [6.07, 6.45) is 0. The smallest absolute Gasteiger partial charge is 0.260 e. The molecule has 0 atom stereocenters. The fourth-order valence-electron chi connectivity index (χ4n) is 17.2. The first-order chi connectivity index (χ1) is 53.5. The van der Waals surface area contributed by atoms with E-state index in [1.54, 1.807) is 0 Å². The van der Waals surface area contributed by atoms with E-state index in [0.717, 1.165) is 185 Å². The van der Waals surface area contributed by atoms with Crippen LogP contribution in [0.3, 0.4) is 0 Å². The number of nitrogens with zero attached hydrogens (tertiary/aromatic N) is 2. The zero-order valence-corrected chi connectivity index (χ0v) is 58.5. The number of para-hydroxylation sites is 4. The van der Waals surface area contributed by atoms with E-state index < -0.39 is 0 Å². The molecular formula is C100H62B2N2O4. The van der Waals surface area contributed by atoms with Gasteiger partial charge in [-0.05, 0) is 200 Å². The summed E-state index contributed by atoms with van der Waals surface area (Å²) in [5.41, 5.74) is 22.6. The predicted molar refractivity (Wildman–Crippen MR) is 448 cm³/mol. The maximum atomic E-state index is 7.70. The van der Waals surface area contributed by atoms with E-state index in [-0.39, 0.29) is 13.4 Å². The van der Waals surface area contributed by atoms with Crippen molar-refractivity contribution >= 4 is 123 Å². The van der Waals surface area contributed by atoms with Crippen molar-refractivity contribution in [1.82, 2.24) is 0 Å². The van der Waals surface area contributed by atoms with Gasteiger partial charge in [-0.1, -0.05) is 261 Å². The van der Waals surface area contributed by atoms with E-state index in [1.807, 2.05) is 0 Å². The van der Waals surface area contributed by atoms with Crippen molar-refractivity contribution in [1.29, 1.82) is 0 Å². The van der Waals surface area contributed by atoms with Gasteiger partial charge in [0.05, 0.1) is 11.4 Å². The molecule has 502 valence electrons. The third-order valence-corrected chi connectivity index (χ3v) is 22.3. The van der Waals surface area contributed by atoms with Crippen molar-refractivity contribution in [3.63, 3.8) is 0 Å². The number of hydrogen-bond donors (Lipinski definition) is 0. The van der Waals surface area contributed by atoms with Crippen LogP contribution in [-0.2, 0) is 0 Å². The largest absolute Gasteiger partial charge is 0.458 e. The molecule has 6 nitrogen and oxygen atoms in total. The number of ether oxygens (including phenoxy) is 4. The molecule has 18 aromatic rings. The van der Waals surface area contributed by atoms with Crippen LogP contribution in [0.15, 0.2) is 376 Å². The van der Waals surface area contributed by atoms with Gasteiger partial charge in [-0.15, -0.1) is 0 Å². The van der Waals surface area contributed by atoms with Gasteiger partial charge in [-0.3, -0.25) is 0 Å². The van der Waals surface area contributed by atoms with Gasteiger partial charge in [-0.2, -0.15) is 0 Å². The highest BCUT2D eigenvalue weighted by molar-refractivity contribution is 6.99. The molecule has 4 aliphatic rings. The van der Waals surface area contributed by atoms with Crippen LogP contribution in [0.5, 0.6) is 46.0 Å². The van der Waals surface area contributed by atoms with E-state index in [2.05, 4.69) is 386 Å². The molecule has 0 amide bonds. The summed E-state index contributed by atoms with van der Waals surface area (Å²) in [5, 5.41) is 9.43. The van der Waals surface area contributed by atoms with Gasteiger partial charge < -0.3 is 28.7 Å². The van der Waals surface area contributed by atoms with Gasteiger partial charge in [0.1, 0.15) is 46.0 Å². The van der Waals surface area contributed by atoms with Crippen LogP contribution in [0.25, 0.3) is 98.7 Å². The first kappa shape index (κ1) is 61.4. The molecule has 0 fully saturated rings. The summed E-state index contributed by atoms with van der Waals surface area (Å²) in [4.78, 5) is 4.63. The number of fused-ring (bicyclic) bond motifs is 12. The second-order valence-electron chi connectivity index (χ2n) is 28.6. The first-order valence-electron chi connectivity index (χ1n) is 37.0. The lowest BCUT2D eigenvalue weighted by molar-refractivity contribution is 0.465. The molecule has 18 aromatic carbocycles. The Bertz CT molecular complexity index is 6530. The highest BCUT2D eigenvalue weighted by Crippen LogP contribution is 2.50. The van der Waals surface area contributed by atoms with Crippen molar-refractivity contribution in [2.75, 3.05) is 9.80 Å². The van der Waals surface area contributed by atoms with Crippen molar-refractivity contribution in [3.05, 3.63) is 376 Å². The van der Waals surface area contributed by atoms with E-state index in [4.69, 9.17) is 18.9 Å². The molecule has 0 radical (unpaired) electrons. The maximum Gasteiger partial charge on any atom is 0.260 e. The average molecular weight is 1380 g/mol. The van der Waals surface area contributed by atoms with Crippen molar-refractivity contribution in [3.8, 4) is 102 Å². The fraction of sp³-hybridized carbons (Fsp3) is 0. The van der Waals surface area contributed by atoms with Gasteiger partial charge in [0.25, 0.3) is 13.4 Å². The van der Waals surface area contributed by atoms with Crippen LogP contribution in [0.1, 0.15) is 0 Å². The van der Waals surface area contributed by atoms with Crippen LogP contribution in [0.2, 0.25) is 0 Å². The Balaban J connectivity index is 0.726. The summed E-state index contributed by atoms with van der Waals surface area (Å²) >= 11 is 0. The first-order valence-corrected chi connectivity index (χ1v) is 37.0. The summed E-state index contributed by atoms with van der Waals surface area (Å²) in [6, 6.07) is 136. The highest BCUT2D eigenvalue weighted by atomic mass is 16.5. The van der Waals surface area contributed by atoms with E-state index in [0.29, 0.717) is 0 Å². The molecule has 0 N–H and O–H groups in total. The fourth-order valence-corrected chi connectivity index (χ4v) is 17.2. The second-order valence-corrected chi connectivity index (χ2v) is 28.6. The minimum Gasteiger partial charge on any atom is -0.458 e. The van der Waals surface area contributed by atoms with Gasteiger partial charge in [-0.25, -0.2) is 0 Å². The Labute approximate surface area is 625 Å². The number of hydrogen-bond acceptors (Lipinski definition) is 6. The molecule has 0 saturated heterocycles. The van der Waals surface area contributed by atoms with E-state index in [1.165, 1.54) is 26.9 Å². The maximum absolute atomic E-state index is 7.70. The molecule has 0 saturated carbocycles. The lowest BCUT2D eigenvalue weighted by Crippen LogP contribution is -2.57. The zero-order chi connectivity index (χ0) is 70.9. The number of benzene rings is 18. The van der Waals surface area contributed by atoms with Gasteiger partial charge in [0.15, 0.2) is 0 Å². The SMILES string of the molecule is c1ccc(N(c2cccc(-c3cc4c(c(-c5ccc6ccccc6c5)c3)Oc3cc(N(c5ccccc5)c5ccccc5)cc5c3B4c3cccc(-c4ccc6ccccc6c4)c3O5)c2)c2cc3c4c(c2)Oc2cc(-c5ccc6ccccc6c5)ccc2B4c2ccc(-c4ccc5ccccc5c4)cc2O3)cc1. The molecule has 4 aliphatic heterocycles. The number of anilines is 6. The Morgan fingerprint density at radius 1 is 0.176 bits per heavy atom. The molecule has 0 bridgehead atoms. The zero-order valence-electron chi connectivity index (χ0n) is 58.5. The summed E-state index contributed by atoms with van der Waals surface area (Å²) < 4.78 is 30.0. The molecule has 108 heavy (non-hydrogen) atoms. The minimum atomic E-state index is -0.319. The van der Waals surface area contributed by atoms with E-state index >= 15 is 0 Å². The molecule has 0 unspecified atom stereocenters. The van der Waals surface area contributed by atoms with Crippen molar-refractivity contribution in [2.24, 2.45) is 0 Å². The molecule has 0 aromatic heterocycles. The normalized spacial score (nSPS) is 12.5. The monoisotopic (exact) mass is 1380 g/mol. The molecule has 0 spiro atoms. The Kier molecular flexibility index (Phi) is 14.1. The molecule has 0 aliphatic carbocycles. The topological polar surface area (TPSA) is 43.4 Å². The van der Waals surface area contributed by atoms with Crippen LogP contribution < -0.4 is 61.5 Å². The minimum absolute atomic E-state index is 0.178. The van der Waals surface area contributed by atoms with Crippen LogP contribution >= 0.6 is 0 Å². The van der Waals surface area contributed by atoms with Crippen LogP contribution in [0.4, 0.5) is 34.1 Å². The third-order valence-electron chi connectivity index (χ3n) is 22.3. The lowest BCUT2D eigenvalue weighted by atomic mass is 9.34. The van der Waals surface area contributed by atoms with Crippen molar-refractivity contribution < 1.29 is 18.9 Å².